The quantitative estimate of drug-likeness (QED) is 0.556. The number of aryl methyl sites for hydroxylation is 1. The molecule has 4 rings (SSSR count). The molecule has 1 saturated heterocycles. The first kappa shape index (κ1) is 22.4. The lowest BCUT2D eigenvalue weighted by molar-refractivity contribution is -0.120. The molecule has 1 atom stereocenters. The van der Waals surface area contributed by atoms with Gasteiger partial charge in [0.05, 0.1) is 18.7 Å². The predicted molar refractivity (Wildman–Crippen MR) is 120 cm³/mol. The number of thiophene rings is 1. The van der Waals surface area contributed by atoms with Crippen molar-refractivity contribution in [1.82, 2.24) is 14.4 Å². The fourth-order valence-electron chi connectivity index (χ4n) is 3.57. The van der Waals surface area contributed by atoms with Gasteiger partial charge in [-0.25, -0.2) is 8.42 Å². The first-order chi connectivity index (χ1) is 15.4. The number of amides is 1. The van der Waals surface area contributed by atoms with E-state index in [0.717, 1.165) is 11.3 Å². The van der Waals surface area contributed by atoms with Gasteiger partial charge >= 0.3 is 0 Å². The van der Waals surface area contributed by atoms with Crippen LogP contribution in [0.1, 0.15) is 25.7 Å². The van der Waals surface area contributed by atoms with E-state index in [1.54, 1.807) is 29.6 Å². The van der Waals surface area contributed by atoms with E-state index >= 15 is 0 Å². The minimum atomic E-state index is -3.74. The molecular weight excluding hydrogens is 452 g/mol. The number of piperidine rings is 1. The summed E-state index contributed by atoms with van der Waals surface area (Å²) in [5.74, 6) is 0.745. The molecule has 1 amide bonds. The summed E-state index contributed by atoms with van der Waals surface area (Å²) in [6.45, 7) is 2.40. The van der Waals surface area contributed by atoms with Crippen LogP contribution in [0.4, 0.5) is 5.69 Å². The number of para-hydroxylation sites is 2. The van der Waals surface area contributed by atoms with Crippen molar-refractivity contribution in [3.05, 3.63) is 41.6 Å². The number of carbonyl (C=O) groups is 1. The molecule has 0 saturated carbocycles. The van der Waals surface area contributed by atoms with Crippen molar-refractivity contribution in [2.45, 2.75) is 30.4 Å². The van der Waals surface area contributed by atoms with Gasteiger partial charge in [-0.3, -0.25) is 4.79 Å². The molecule has 1 aromatic carbocycles. The Labute approximate surface area is 190 Å². The molecule has 0 bridgehead atoms. The topological polar surface area (TPSA) is 115 Å². The van der Waals surface area contributed by atoms with E-state index in [9.17, 15) is 13.2 Å². The Morgan fingerprint density at radius 3 is 2.94 bits per heavy atom. The van der Waals surface area contributed by atoms with Crippen LogP contribution in [-0.4, -0.2) is 49.0 Å². The minimum Gasteiger partial charge on any atom is -0.495 e. The lowest BCUT2D eigenvalue weighted by Gasteiger charge is -2.30. The minimum absolute atomic E-state index is 0.124. The molecule has 0 spiro atoms. The van der Waals surface area contributed by atoms with Gasteiger partial charge in [0.2, 0.25) is 17.6 Å². The molecule has 1 unspecified atom stereocenters. The highest BCUT2D eigenvalue weighted by Gasteiger charge is 2.34. The van der Waals surface area contributed by atoms with Crippen LogP contribution in [-0.2, 0) is 21.2 Å². The van der Waals surface area contributed by atoms with Crippen molar-refractivity contribution in [2.24, 2.45) is 5.92 Å². The maximum absolute atomic E-state index is 13.2. The van der Waals surface area contributed by atoms with Crippen molar-refractivity contribution in [3.63, 3.8) is 0 Å². The Balaban J connectivity index is 1.48. The average molecular weight is 477 g/mol. The highest BCUT2D eigenvalue weighted by atomic mass is 32.2. The molecule has 1 aliphatic rings. The van der Waals surface area contributed by atoms with E-state index in [1.807, 2.05) is 13.0 Å². The Kier molecular flexibility index (Phi) is 6.58. The average Bonchev–Trinajstić information content (AvgIpc) is 3.49. The summed E-state index contributed by atoms with van der Waals surface area (Å²) in [5.41, 5.74) is 1.16. The number of anilines is 1. The maximum Gasteiger partial charge on any atom is 0.252 e. The summed E-state index contributed by atoms with van der Waals surface area (Å²) in [6.07, 6.45) is 1.83. The zero-order chi connectivity index (χ0) is 22.7. The lowest BCUT2D eigenvalue weighted by atomic mass is 9.98. The highest BCUT2D eigenvalue weighted by Crippen LogP contribution is 2.32. The SMILES string of the molecule is CCc1nc(-c2csc(S(=O)(=O)N3CCCC(C(=O)Nc4ccccc4OC)C3)c2)no1. The second kappa shape index (κ2) is 9.39. The Morgan fingerprint density at radius 2 is 2.19 bits per heavy atom. The van der Waals surface area contributed by atoms with Crippen LogP contribution < -0.4 is 10.1 Å². The van der Waals surface area contributed by atoms with Crippen molar-refractivity contribution >= 4 is 33.0 Å². The zero-order valence-corrected chi connectivity index (χ0v) is 19.4. The van der Waals surface area contributed by atoms with Gasteiger partial charge in [-0.1, -0.05) is 24.2 Å². The molecule has 2 aromatic heterocycles. The number of carbonyl (C=O) groups excluding carboxylic acids is 1. The molecule has 0 aliphatic carbocycles. The lowest BCUT2D eigenvalue weighted by Crippen LogP contribution is -2.43. The van der Waals surface area contributed by atoms with E-state index in [2.05, 4.69) is 15.5 Å². The van der Waals surface area contributed by atoms with Crippen LogP contribution in [0, 0.1) is 5.92 Å². The van der Waals surface area contributed by atoms with Crippen LogP contribution >= 0.6 is 11.3 Å². The summed E-state index contributed by atoms with van der Waals surface area (Å²) in [6, 6.07) is 8.69. The third-order valence-corrected chi connectivity index (χ3v) is 8.60. The summed E-state index contributed by atoms with van der Waals surface area (Å²) in [5, 5.41) is 8.47. The maximum atomic E-state index is 13.2. The van der Waals surface area contributed by atoms with Gasteiger partial charge in [-0.15, -0.1) is 11.3 Å². The fraction of sp³-hybridized carbons (Fsp3) is 0.381. The number of aromatic nitrogens is 2. The van der Waals surface area contributed by atoms with Gasteiger partial charge in [0, 0.05) is 30.5 Å². The Morgan fingerprint density at radius 1 is 1.38 bits per heavy atom. The number of sulfonamides is 1. The molecule has 170 valence electrons. The van der Waals surface area contributed by atoms with Gasteiger partial charge in [-0.05, 0) is 31.0 Å². The van der Waals surface area contributed by atoms with E-state index in [0.29, 0.717) is 54.5 Å². The molecule has 1 aliphatic heterocycles. The van der Waals surface area contributed by atoms with Crippen molar-refractivity contribution in [3.8, 4) is 17.1 Å². The standard InChI is InChI=1S/C21H24N4O5S2/c1-3-18-23-20(24-30-18)15-11-19(31-13-15)32(27,28)25-10-6-7-14(12-25)21(26)22-16-8-4-5-9-17(16)29-2/h4-5,8-9,11,13-14H,3,6-7,10,12H2,1-2H3,(H,22,26). The van der Waals surface area contributed by atoms with Gasteiger partial charge in [0.25, 0.3) is 10.0 Å². The summed E-state index contributed by atoms with van der Waals surface area (Å²) in [4.78, 5) is 17.1. The van der Waals surface area contributed by atoms with Crippen LogP contribution in [0.2, 0.25) is 0 Å². The number of hydrogen-bond acceptors (Lipinski definition) is 8. The number of nitrogens with zero attached hydrogens (tertiary/aromatic N) is 3. The molecule has 3 heterocycles. The molecular formula is C21H24N4O5S2. The van der Waals surface area contributed by atoms with Crippen LogP contribution in [0.5, 0.6) is 5.75 Å². The molecule has 9 nitrogen and oxygen atoms in total. The fourth-order valence-corrected chi connectivity index (χ4v) is 6.40. The number of hydrogen-bond donors (Lipinski definition) is 1. The number of ether oxygens (including phenoxy) is 1. The van der Waals surface area contributed by atoms with Crippen LogP contribution in [0.15, 0.2) is 44.4 Å². The van der Waals surface area contributed by atoms with Gasteiger partial charge in [0.15, 0.2) is 0 Å². The second-order valence-corrected chi connectivity index (χ2v) is 10.5. The smallest absolute Gasteiger partial charge is 0.252 e. The van der Waals surface area contributed by atoms with Crippen molar-refractivity contribution in [2.75, 3.05) is 25.5 Å². The van der Waals surface area contributed by atoms with E-state index in [4.69, 9.17) is 9.26 Å². The number of methoxy groups -OCH3 is 1. The molecule has 1 fully saturated rings. The second-order valence-electron chi connectivity index (χ2n) is 7.41. The molecule has 1 N–H and O–H groups in total. The summed E-state index contributed by atoms with van der Waals surface area (Å²) in [7, 11) is -2.20. The van der Waals surface area contributed by atoms with Crippen LogP contribution in [0.25, 0.3) is 11.4 Å². The first-order valence-corrected chi connectivity index (χ1v) is 12.6. The van der Waals surface area contributed by atoms with Gasteiger partial charge in [-0.2, -0.15) is 9.29 Å². The van der Waals surface area contributed by atoms with E-state index in [1.165, 1.54) is 11.4 Å². The molecule has 3 aromatic rings. The molecule has 32 heavy (non-hydrogen) atoms. The predicted octanol–water partition coefficient (Wildman–Crippen LogP) is 3.41. The van der Waals surface area contributed by atoms with Gasteiger partial charge in [0.1, 0.15) is 9.96 Å². The molecule has 0 radical (unpaired) electrons. The van der Waals surface area contributed by atoms with E-state index in [-0.39, 0.29) is 16.7 Å². The highest BCUT2D eigenvalue weighted by molar-refractivity contribution is 7.91. The normalized spacial score (nSPS) is 17.2. The number of rotatable bonds is 7. The third-order valence-electron chi connectivity index (χ3n) is 5.32. The van der Waals surface area contributed by atoms with Crippen molar-refractivity contribution < 1.29 is 22.5 Å². The van der Waals surface area contributed by atoms with E-state index < -0.39 is 15.9 Å². The Bertz CT molecular complexity index is 1200. The molecule has 11 heteroatoms. The third kappa shape index (κ3) is 4.54. The number of nitrogens with one attached hydrogen (secondary N) is 1. The first-order valence-electron chi connectivity index (χ1n) is 10.3. The largest absolute Gasteiger partial charge is 0.495 e. The zero-order valence-electron chi connectivity index (χ0n) is 17.8. The number of benzene rings is 1. The van der Waals surface area contributed by atoms with Crippen LogP contribution in [0.3, 0.4) is 0 Å². The monoisotopic (exact) mass is 476 g/mol. The Hall–Kier alpha value is -2.76. The van der Waals surface area contributed by atoms with Crippen molar-refractivity contribution in [1.29, 1.82) is 0 Å². The van der Waals surface area contributed by atoms with Gasteiger partial charge < -0.3 is 14.6 Å². The summed E-state index contributed by atoms with van der Waals surface area (Å²) < 4.78 is 38.5. The summed E-state index contributed by atoms with van der Waals surface area (Å²) >= 11 is 1.11.